The molecule has 0 radical (unpaired) electrons. The van der Waals surface area contributed by atoms with Crippen molar-refractivity contribution in [2.75, 3.05) is 14.2 Å². The molecule has 2 aromatic carbocycles. The Hall–Kier alpha value is -3.15. The Labute approximate surface area is 188 Å². The molecule has 1 heterocycles. The highest BCUT2D eigenvalue weighted by atomic mass is 32.2. The van der Waals surface area contributed by atoms with Gasteiger partial charge in [0.2, 0.25) is 0 Å². The molecule has 33 heavy (non-hydrogen) atoms. The number of rotatable bonds is 5. The molecule has 12 heteroatoms. The van der Waals surface area contributed by atoms with E-state index in [1.54, 1.807) is 19.2 Å². The molecule has 0 saturated carbocycles. The number of likely N-dealkylation sites (N-methyl/N-ethyl adjacent to an activating group) is 1. The minimum absolute atomic E-state index is 0.0592. The fourth-order valence-corrected chi connectivity index (χ4v) is 3.70. The van der Waals surface area contributed by atoms with Gasteiger partial charge >= 0.3 is 17.6 Å². The minimum Gasteiger partial charge on any atom is -0.493 e. The summed E-state index contributed by atoms with van der Waals surface area (Å²) in [6.07, 6.45) is -8.30. The van der Waals surface area contributed by atoms with Crippen LogP contribution in [-0.2, 0) is 19.0 Å². The van der Waals surface area contributed by atoms with Gasteiger partial charge in [0.05, 0.1) is 23.1 Å². The first kappa shape index (κ1) is 24.5. The number of amidine groups is 1. The summed E-state index contributed by atoms with van der Waals surface area (Å²) in [4.78, 5) is 15.8. The number of carbonyl (C=O) groups is 1. The molecule has 0 spiro atoms. The Kier molecular flexibility index (Phi) is 6.96. The van der Waals surface area contributed by atoms with Gasteiger partial charge in [-0.2, -0.15) is 31.3 Å². The minimum atomic E-state index is -5.01. The van der Waals surface area contributed by atoms with E-state index >= 15 is 0 Å². The van der Waals surface area contributed by atoms with Crippen LogP contribution in [0.1, 0.15) is 22.3 Å². The molecular formula is C21H16F6N2O3S. The lowest BCUT2D eigenvalue weighted by Gasteiger charge is -2.17. The van der Waals surface area contributed by atoms with E-state index in [9.17, 15) is 31.1 Å². The SMILES string of the molecule is CNC1=NC(=O)S/C1=C\c1ccc(OC)c(OCc2ccc(C(F)(F)F)cc2C(F)(F)F)c1. The van der Waals surface area contributed by atoms with Gasteiger partial charge in [0.15, 0.2) is 11.5 Å². The van der Waals surface area contributed by atoms with Crippen molar-refractivity contribution in [3.05, 3.63) is 63.6 Å². The van der Waals surface area contributed by atoms with Crippen LogP contribution in [0.4, 0.5) is 31.1 Å². The molecule has 5 nitrogen and oxygen atoms in total. The first-order valence-electron chi connectivity index (χ1n) is 9.21. The lowest BCUT2D eigenvalue weighted by Crippen LogP contribution is -2.16. The Balaban J connectivity index is 1.91. The monoisotopic (exact) mass is 490 g/mol. The number of hydrogen-bond acceptors (Lipinski definition) is 5. The molecule has 1 aliphatic heterocycles. The summed E-state index contributed by atoms with van der Waals surface area (Å²) in [6, 6.07) is 5.98. The summed E-state index contributed by atoms with van der Waals surface area (Å²) >= 11 is 0.894. The average Bonchev–Trinajstić information content (AvgIpc) is 3.10. The number of alkyl halides is 6. The second kappa shape index (κ2) is 9.38. The molecule has 0 aliphatic carbocycles. The Bertz CT molecular complexity index is 1130. The number of aliphatic imine (C=N–C) groups is 1. The van der Waals surface area contributed by atoms with Crippen molar-refractivity contribution in [2.24, 2.45) is 4.99 Å². The second-order valence-electron chi connectivity index (χ2n) is 6.65. The van der Waals surface area contributed by atoms with Gasteiger partial charge in [-0.15, -0.1) is 0 Å². The number of thioether (sulfide) groups is 1. The van der Waals surface area contributed by atoms with Crippen molar-refractivity contribution < 1.29 is 40.6 Å². The first-order valence-corrected chi connectivity index (χ1v) is 10.0. The van der Waals surface area contributed by atoms with Crippen molar-refractivity contribution in [2.45, 2.75) is 19.0 Å². The number of benzene rings is 2. The predicted molar refractivity (Wildman–Crippen MR) is 111 cm³/mol. The molecule has 0 atom stereocenters. The van der Waals surface area contributed by atoms with E-state index in [2.05, 4.69) is 10.3 Å². The summed E-state index contributed by atoms with van der Waals surface area (Å²) in [5.41, 5.74) is -2.78. The van der Waals surface area contributed by atoms with Crippen molar-refractivity contribution in [1.82, 2.24) is 5.32 Å². The molecule has 0 saturated heterocycles. The topological polar surface area (TPSA) is 59.9 Å². The molecule has 0 aromatic heterocycles. The molecule has 1 N–H and O–H groups in total. The third kappa shape index (κ3) is 5.81. The zero-order valence-electron chi connectivity index (χ0n) is 17.1. The van der Waals surface area contributed by atoms with Crippen molar-refractivity contribution in [1.29, 1.82) is 0 Å². The van der Waals surface area contributed by atoms with Gasteiger partial charge in [-0.05, 0) is 47.7 Å². The summed E-state index contributed by atoms with van der Waals surface area (Å²) in [5, 5.41) is 2.38. The molecule has 0 bridgehead atoms. The van der Waals surface area contributed by atoms with E-state index in [1.165, 1.54) is 19.2 Å². The maximum absolute atomic E-state index is 13.4. The molecule has 1 aliphatic rings. The summed E-state index contributed by atoms with van der Waals surface area (Å²) in [7, 11) is 2.92. The Morgan fingerprint density at radius 2 is 1.76 bits per heavy atom. The van der Waals surface area contributed by atoms with Crippen LogP contribution < -0.4 is 14.8 Å². The molecule has 3 rings (SSSR count). The summed E-state index contributed by atoms with van der Waals surface area (Å²) in [5.74, 6) is 0.635. The molecule has 1 amide bonds. The number of hydrogen-bond donors (Lipinski definition) is 1. The maximum Gasteiger partial charge on any atom is 0.416 e. The van der Waals surface area contributed by atoms with Crippen LogP contribution in [0.15, 0.2) is 46.3 Å². The normalized spacial score (nSPS) is 15.6. The van der Waals surface area contributed by atoms with E-state index in [-0.39, 0.29) is 17.6 Å². The van der Waals surface area contributed by atoms with E-state index in [4.69, 9.17) is 9.47 Å². The number of nitrogens with one attached hydrogen (secondary N) is 1. The van der Waals surface area contributed by atoms with Gasteiger partial charge in [0, 0.05) is 12.6 Å². The van der Waals surface area contributed by atoms with Gasteiger partial charge in [-0.25, -0.2) is 0 Å². The zero-order valence-corrected chi connectivity index (χ0v) is 17.9. The molecule has 0 unspecified atom stereocenters. The standard InChI is InChI=1S/C21H16F6N2O3S/c1-28-18-17(33-19(30)29-18)8-11-3-6-15(31-2)16(7-11)32-10-12-4-5-13(20(22,23)24)9-14(12)21(25,26)27/h3-9H,10H2,1-2H3,(H,28,29,30)/b17-8-. The highest BCUT2D eigenvalue weighted by molar-refractivity contribution is 8.18. The van der Waals surface area contributed by atoms with Crippen LogP contribution in [0.3, 0.4) is 0 Å². The van der Waals surface area contributed by atoms with E-state index in [0.717, 1.165) is 17.8 Å². The van der Waals surface area contributed by atoms with E-state index < -0.39 is 40.9 Å². The van der Waals surface area contributed by atoms with Crippen LogP contribution in [0.5, 0.6) is 11.5 Å². The van der Waals surface area contributed by atoms with Gasteiger partial charge in [0.25, 0.3) is 0 Å². The predicted octanol–water partition coefficient (Wildman–Crippen LogP) is 6.14. The smallest absolute Gasteiger partial charge is 0.416 e. The van der Waals surface area contributed by atoms with Gasteiger partial charge in [-0.1, -0.05) is 12.1 Å². The van der Waals surface area contributed by atoms with Crippen LogP contribution in [0.2, 0.25) is 0 Å². The third-order valence-electron chi connectivity index (χ3n) is 4.48. The fraction of sp³-hybridized carbons (Fsp3) is 0.238. The molecule has 2 aromatic rings. The van der Waals surface area contributed by atoms with Gasteiger partial charge in [-0.3, -0.25) is 4.79 Å². The molecule has 0 fully saturated rings. The maximum atomic E-state index is 13.4. The lowest BCUT2D eigenvalue weighted by molar-refractivity contribution is -0.143. The number of nitrogens with zero attached hydrogens (tertiary/aromatic N) is 1. The number of amides is 1. The zero-order chi connectivity index (χ0) is 24.4. The van der Waals surface area contributed by atoms with Crippen LogP contribution >= 0.6 is 11.8 Å². The van der Waals surface area contributed by atoms with Crippen LogP contribution in [0.25, 0.3) is 6.08 Å². The van der Waals surface area contributed by atoms with Crippen molar-refractivity contribution in [3.8, 4) is 11.5 Å². The van der Waals surface area contributed by atoms with E-state index in [1.807, 2.05) is 0 Å². The number of carbonyl (C=O) groups excluding carboxylic acids is 1. The fourth-order valence-electron chi connectivity index (χ4n) is 2.93. The van der Waals surface area contributed by atoms with Gasteiger partial charge in [0.1, 0.15) is 12.4 Å². The lowest BCUT2D eigenvalue weighted by atomic mass is 10.0. The Morgan fingerprint density at radius 3 is 2.36 bits per heavy atom. The van der Waals surface area contributed by atoms with E-state index in [0.29, 0.717) is 22.4 Å². The second-order valence-corrected chi connectivity index (χ2v) is 7.65. The van der Waals surface area contributed by atoms with Crippen molar-refractivity contribution >= 4 is 28.9 Å². The third-order valence-corrected chi connectivity index (χ3v) is 5.28. The largest absolute Gasteiger partial charge is 0.493 e. The highest BCUT2D eigenvalue weighted by Gasteiger charge is 2.38. The number of ether oxygens (including phenoxy) is 2. The molecule has 176 valence electrons. The molecular weight excluding hydrogens is 474 g/mol. The average molecular weight is 490 g/mol. The number of methoxy groups -OCH3 is 1. The van der Waals surface area contributed by atoms with Crippen molar-refractivity contribution in [3.63, 3.8) is 0 Å². The summed E-state index contributed by atoms with van der Waals surface area (Å²) < 4.78 is 89.4. The first-order chi connectivity index (χ1) is 15.4. The quantitative estimate of drug-likeness (QED) is 0.511. The number of halogens is 6. The van der Waals surface area contributed by atoms with Crippen LogP contribution in [0, 0.1) is 0 Å². The van der Waals surface area contributed by atoms with Gasteiger partial charge < -0.3 is 14.8 Å². The summed E-state index contributed by atoms with van der Waals surface area (Å²) in [6.45, 7) is -0.653. The van der Waals surface area contributed by atoms with Crippen LogP contribution in [-0.4, -0.2) is 25.2 Å². The highest BCUT2D eigenvalue weighted by Crippen LogP contribution is 2.38. The Morgan fingerprint density at radius 1 is 1.03 bits per heavy atom.